The van der Waals surface area contributed by atoms with Gasteiger partial charge in [-0.15, -0.1) is 0 Å². The Morgan fingerprint density at radius 2 is 1.72 bits per heavy atom. The molecule has 0 saturated carbocycles. The van der Waals surface area contributed by atoms with E-state index in [1.54, 1.807) is 24.1 Å². The van der Waals surface area contributed by atoms with E-state index in [1.807, 2.05) is 54.3 Å². The van der Waals surface area contributed by atoms with Crippen LogP contribution in [-0.4, -0.2) is 35.0 Å². The van der Waals surface area contributed by atoms with Gasteiger partial charge in [0.1, 0.15) is 4.91 Å². The van der Waals surface area contributed by atoms with E-state index in [1.165, 1.54) is 30.6 Å². The first-order chi connectivity index (χ1) is 15.4. The number of benzene rings is 2. The van der Waals surface area contributed by atoms with Gasteiger partial charge in [-0.05, 0) is 62.0 Å². The summed E-state index contributed by atoms with van der Waals surface area (Å²) in [6, 6.07) is 16.8. The maximum atomic E-state index is 12.8. The number of hydrazone groups is 1. The van der Waals surface area contributed by atoms with E-state index >= 15 is 0 Å². The summed E-state index contributed by atoms with van der Waals surface area (Å²) in [6.07, 6.45) is 0. The molecule has 0 aliphatic carbocycles. The lowest BCUT2D eigenvalue weighted by Gasteiger charge is -2.41. The van der Waals surface area contributed by atoms with Crippen molar-refractivity contribution in [1.29, 1.82) is 0 Å². The molecule has 0 radical (unpaired) electrons. The summed E-state index contributed by atoms with van der Waals surface area (Å²) in [4.78, 5) is 27.7. The van der Waals surface area contributed by atoms with Crippen LogP contribution in [0.3, 0.4) is 0 Å². The lowest BCUT2D eigenvalue weighted by atomic mass is 10.2. The minimum Gasteiger partial charge on any atom is -0.464 e. The van der Waals surface area contributed by atoms with Gasteiger partial charge in [-0.1, -0.05) is 41.6 Å². The standard InChI is InChI=1S/C22H20ClN3O4S2/c1-4-30-20(27)18-14(2)25(16-8-6-5-7-9-16)22(31-18)26(17-12-10-15(23)11-13-17)24-19(32-22)21(28)29-3/h5-13H,4H2,1-3H3/t22-/m0/s1. The maximum Gasteiger partial charge on any atom is 0.365 e. The number of hydrogen-bond acceptors (Lipinski definition) is 9. The molecule has 2 aromatic carbocycles. The predicted octanol–water partition coefficient (Wildman–Crippen LogP) is 5.04. The highest BCUT2D eigenvalue weighted by Gasteiger charge is 2.58. The summed E-state index contributed by atoms with van der Waals surface area (Å²) in [6.45, 7) is 3.88. The van der Waals surface area contributed by atoms with Gasteiger partial charge < -0.3 is 14.4 Å². The smallest absolute Gasteiger partial charge is 0.365 e. The molecule has 0 fully saturated rings. The molecule has 0 bridgehead atoms. The minimum atomic E-state index is -1.02. The van der Waals surface area contributed by atoms with E-state index in [4.69, 9.17) is 21.1 Å². The lowest BCUT2D eigenvalue weighted by molar-refractivity contribution is -0.137. The lowest BCUT2D eigenvalue weighted by Crippen LogP contribution is -2.49. The Morgan fingerprint density at radius 3 is 2.34 bits per heavy atom. The van der Waals surface area contributed by atoms with Crippen LogP contribution in [0.25, 0.3) is 0 Å². The number of hydrogen-bond donors (Lipinski definition) is 0. The molecule has 4 rings (SSSR count). The fraction of sp³-hybridized carbons (Fsp3) is 0.227. The van der Waals surface area contributed by atoms with Gasteiger partial charge in [0, 0.05) is 16.4 Å². The highest BCUT2D eigenvalue weighted by atomic mass is 35.5. The molecule has 1 atom stereocenters. The topological polar surface area (TPSA) is 71.4 Å². The monoisotopic (exact) mass is 489 g/mol. The number of allylic oxidation sites excluding steroid dienone is 1. The Morgan fingerprint density at radius 1 is 1.03 bits per heavy atom. The first kappa shape index (κ1) is 22.6. The molecule has 7 nitrogen and oxygen atoms in total. The first-order valence-electron chi connectivity index (χ1n) is 9.75. The second-order valence-corrected chi connectivity index (χ2v) is 9.78. The molecule has 1 spiro atoms. The van der Waals surface area contributed by atoms with Gasteiger partial charge in [0.2, 0.25) is 9.37 Å². The molecule has 0 aromatic heterocycles. The highest BCUT2D eigenvalue weighted by molar-refractivity contribution is 8.29. The van der Waals surface area contributed by atoms with Crippen molar-refractivity contribution >= 4 is 63.5 Å². The normalized spacial score (nSPS) is 20.1. The highest BCUT2D eigenvalue weighted by Crippen LogP contribution is 2.60. The quantitative estimate of drug-likeness (QED) is 0.541. The Hall–Kier alpha value is -2.62. The molecule has 166 valence electrons. The van der Waals surface area contributed by atoms with Crippen LogP contribution in [0.15, 0.2) is 70.3 Å². The molecule has 2 aliphatic rings. The summed E-state index contributed by atoms with van der Waals surface area (Å²) < 4.78 is 9.24. The molecule has 2 aliphatic heterocycles. The SMILES string of the molecule is CCOC(=O)C1=C(C)N(c2ccccc2)[C@@]2(SC(C(=O)OC)=NN2c2ccc(Cl)cc2)S1. The second kappa shape index (κ2) is 9.09. The first-order valence-corrected chi connectivity index (χ1v) is 11.8. The van der Waals surface area contributed by atoms with Crippen molar-refractivity contribution in [2.45, 2.75) is 18.2 Å². The Bertz CT molecular complexity index is 1110. The van der Waals surface area contributed by atoms with Gasteiger partial charge in [0.25, 0.3) is 0 Å². The van der Waals surface area contributed by atoms with Gasteiger partial charge in [-0.3, -0.25) is 0 Å². The molecule has 0 N–H and O–H groups in total. The number of halogens is 1. The van der Waals surface area contributed by atoms with Crippen molar-refractivity contribution in [1.82, 2.24) is 0 Å². The molecule has 0 amide bonds. The summed E-state index contributed by atoms with van der Waals surface area (Å²) >= 11 is 8.60. The number of anilines is 2. The van der Waals surface area contributed by atoms with Gasteiger partial charge >= 0.3 is 11.9 Å². The maximum absolute atomic E-state index is 12.8. The molecule has 0 unspecified atom stereocenters. The molecule has 10 heteroatoms. The number of rotatable bonds is 5. The number of para-hydroxylation sites is 1. The van der Waals surface area contributed by atoms with E-state index in [9.17, 15) is 9.59 Å². The largest absolute Gasteiger partial charge is 0.464 e. The third-order valence-corrected chi connectivity index (χ3v) is 7.88. The minimum absolute atomic E-state index is 0.175. The van der Waals surface area contributed by atoms with E-state index in [0.717, 1.165) is 5.69 Å². The van der Waals surface area contributed by atoms with Crippen LogP contribution in [0.1, 0.15) is 13.8 Å². The fourth-order valence-electron chi connectivity index (χ4n) is 3.41. The number of esters is 2. The zero-order valence-corrected chi connectivity index (χ0v) is 20.0. The summed E-state index contributed by atoms with van der Waals surface area (Å²) in [5.41, 5.74) is 2.24. The summed E-state index contributed by atoms with van der Waals surface area (Å²) in [7, 11) is 1.31. The average molecular weight is 490 g/mol. The molecule has 2 heterocycles. The van der Waals surface area contributed by atoms with E-state index in [-0.39, 0.29) is 11.7 Å². The number of ether oxygens (including phenoxy) is 2. The molecular formula is C22H20ClN3O4S2. The van der Waals surface area contributed by atoms with Gasteiger partial charge in [0.15, 0.2) is 0 Å². The van der Waals surface area contributed by atoms with Crippen molar-refractivity contribution in [2.75, 3.05) is 23.6 Å². The van der Waals surface area contributed by atoms with Crippen molar-refractivity contribution < 1.29 is 19.1 Å². The Labute approximate surface area is 199 Å². The van der Waals surface area contributed by atoms with E-state index < -0.39 is 16.3 Å². The van der Waals surface area contributed by atoms with E-state index in [0.29, 0.717) is 21.3 Å². The van der Waals surface area contributed by atoms with Crippen LogP contribution in [0.2, 0.25) is 5.02 Å². The second-order valence-electron chi connectivity index (χ2n) is 6.74. The van der Waals surface area contributed by atoms with Crippen molar-refractivity contribution in [3.05, 3.63) is 70.2 Å². The van der Waals surface area contributed by atoms with Gasteiger partial charge in [0.05, 0.1) is 19.4 Å². The van der Waals surface area contributed by atoms with Crippen molar-refractivity contribution in [3.8, 4) is 0 Å². The number of carbonyl (C=O) groups is 2. The predicted molar refractivity (Wildman–Crippen MR) is 130 cm³/mol. The zero-order valence-electron chi connectivity index (χ0n) is 17.6. The zero-order chi connectivity index (χ0) is 22.9. The number of thioether (sulfide) groups is 2. The number of nitrogens with zero attached hydrogens (tertiary/aromatic N) is 3. The average Bonchev–Trinajstić information content (AvgIpc) is 3.32. The fourth-order valence-corrected chi connectivity index (χ4v) is 6.51. The molecule has 32 heavy (non-hydrogen) atoms. The van der Waals surface area contributed by atoms with Gasteiger partial charge in [-0.2, -0.15) is 5.10 Å². The van der Waals surface area contributed by atoms with Crippen LogP contribution in [0.4, 0.5) is 11.4 Å². The summed E-state index contributed by atoms with van der Waals surface area (Å²) in [5.74, 6) is -0.974. The van der Waals surface area contributed by atoms with Crippen LogP contribution >= 0.6 is 35.1 Å². The molecule has 2 aromatic rings. The molecular weight excluding hydrogens is 470 g/mol. The number of methoxy groups -OCH3 is 1. The van der Waals surface area contributed by atoms with Crippen molar-refractivity contribution in [2.24, 2.45) is 5.10 Å². The van der Waals surface area contributed by atoms with Crippen LogP contribution < -0.4 is 9.91 Å². The van der Waals surface area contributed by atoms with Crippen LogP contribution in [0.5, 0.6) is 0 Å². The Kier molecular flexibility index (Phi) is 6.41. The van der Waals surface area contributed by atoms with E-state index in [2.05, 4.69) is 5.10 Å². The third-order valence-electron chi connectivity index (χ3n) is 4.78. The number of carbonyl (C=O) groups excluding carboxylic acids is 2. The van der Waals surface area contributed by atoms with Crippen molar-refractivity contribution in [3.63, 3.8) is 0 Å². The Balaban J connectivity index is 1.89. The molecule has 0 saturated heterocycles. The third kappa shape index (κ3) is 3.85. The summed E-state index contributed by atoms with van der Waals surface area (Å²) in [5, 5.41) is 7.06. The van der Waals surface area contributed by atoms with Crippen LogP contribution in [0, 0.1) is 0 Å². The van der Waals surface area contributed by atoms with Gasteiger partial charge in [-0.25, -0.2) is 14.6 Å². The van der Waals surface area contributed by atoms with Crippen LogP contribution in [-0.2, 0) is 19.1 Å².